The van der Waals surface area contributed by atoms with Gasteiger partial charge in [-0.15, -0.1) is 0 Å². The maximum Gasteiger partial charge on any atom is 0.338 e. The Bertz CT molecular complexity index is 654. The lowest BCUT2D eigenvalue weighted by molar-refractivity contribution is 0.0378. The molecule has 0 bridgehead atoms. The summed E-state index contributed by atoms with van der Waals surface area (Å²) in [6.45, 7) is 4.31. The summed E-state index contributed by atoms with van der Waals surface area (Å²) in [6.07, 6.45) is -0.130. The summed E-state index contributed by atoms with van der Waals surface area (Å²) in [6, 6.07) is 17.0. The minimum absolute atomic E-state index is 0.130. The Labute approximate surface area is 141 Å². The highest BCUT2D eigenvalue weighted by Gasteiger charge is 2.08. The zero-order valence-electron chi connectivity index (χ0n) is 13.2. The van der Waals surface area contributed by atoms with E-state index in [1.54, 1.807) is 24.3 Å². The first-order valence-electron chi connectivity index (χ1n) is 7.44. The van der Waals surface area contributed by atoms with E-state index in [1.165, 1.54) is 0 Å². The highest BCUT2D eigenvalue weighted by Crippen LogP contribution is 2.11. The monoisotopic (exact) mass is 328 g/mol. The molecule has 0 radical (unpaired) electrons. The van der Waals surface area contributed by atoms with Gasteiger partial charge in [0.25, 0.3) is 0 Å². The molecule has 0 aromatic heterocycles. The summed E-state index contributed by atoms with van der Waals surface area (Å²) < 4.78 is 5.15. The van der Waals surface area contributed by atoms with Crippen molar-refractivity contribution in [2.24, 2.45) is 0 Å². The van der Waals surface area contributed by atoms with E-state index < -0.39 is 0 Å². The molecule has 0 amide bonds. The van der Waals surface area contributed by atoms with Crippen molar-refractivity contribution in [3.63, 3.8) is 0 Å². The van der Waals surface area contributed by atoms with E-state index in [0.29, 0.717) is 17.2 Å². The molecule has 23 heavy (non-hydrogen) atoms. The fourth-order valence-electron chi connectivity index (χ4n) is 1.93. The normalized spacial score (nSPS) is 10.2. The average Bonchev–Trinajstić information content (AvgIpc) is 2.54. The van der Waals surface area contributed by atoms with Gasteiger partial charge in [-0.1, -0.05) is 30.3 Å². The van der Waals surface area contributed by atoms with Gasteiger partial charge < -0.3 is 15.4 Å². The van der Waals surface area contributed by atoms with Crippen LogP contribution in [0.15, 0.2) is 54.6 Å². The Morgan fingerprint density at radius 2 is 1.74 bits per heavy atom. The number of esters is 1. The zero-order valence-corrected chi connectivity index (χ0v) is 14.0. The lowest BCUT2D eigenvalue weighted by atomic mass is 10.2. The van der Waals surface area contributed by atoms with Crippen LogP contribution in [-0.2, 0) is 11.3 Å². The van der Waals surface area contributed by atoms with Crippen LogP contribution in [0.4, 0.5) is 5.69 Å². The minimum atomic E-state index is -0.323. The maximum absolute atomic E-state index is 11.8. The Morgan fingerprint density at radius 3 is 2.35 bits per heavy atom. The van der Waals surface area contributed by atoms with E-state index in [1.807, 2.05) is 44.2 Å². The van der Waals surface area contributed by atoms with Gasteiger partial charge in [0.2, 0.25) is 0 Å². The molecule has 0 aliphatic rings. The number of hydrogen-bond acceptors (Lipinski definition) is 3. The summed E-state index contributed by atoms with van der Waals surface area (Å²) >= 11 is 5.26. The van der Waals surface area contributed by atoms with Crippen molar-refractivity contribution in [3.8, 4) is 0 Å². The van der Waals surface area contributed by atoms with Crippen LogP contribution < -0.4 is 10.6 Å². The Balaban J connectivity index is 1.85. The number of carbonyl (C=O) groups excluding carboxylic acids is 1. The molecule has 0 saturated heterocycles. The predicted octanol–water partition coefficient (Wildman–Crippen LogP) is 3.74. The van der Waals surface area contributed by atoms with Crippen LogP contribution in [0.25, 0.3) is 0 Å². The number of nitrogens with one attached hydrogen (secondary N) is 2. The fraction of sp³-hybridized carbons (Fsp3) is 0.222. The van der Waals surface area contributed by atoms with Crippen LogP contribution in [0.3, 0.4) is 0 Å². The van der Waals surface area contributed by atoms with Gasteiger partial charge in [0.05, 0.1) is 11.7 Å². The molecular formula is C18H20N2O2S. The molecule has 2 N–H and O–H groups in total. The quantitative estimate of drug-likeness (QED) is 0.647. The topological polar surface area (TPSA) is 50.4 Å². The third-order valence-electron chi connectivity index (χ3n) is 3.02. The molecule has 2 rings (SSSR count). The van der Waals surface area contributed by atoms with Crippen molar-refractivity contribution in [1.82, 2.24) is 5.32 Å². The highest BCUT2D eigenvalue weighted by molar-refractivity contribution is 7.80. The number of ether oxygens (including phenoxy) is 1. The maximum atomic E-state index is 11.8. The molecule has 2 aromatic rings. The first kappa shape index (κ1) is 17.0. The van der Waals surface area contributed by atoms with E-state index in [4.69, 9.17) is 17.0 Å². The molecule has 0 aliphatic heterocycles. The molecule has 0 saturated carbocycles. The summed E-state index contributed by atoms with van der Waals surface area (Å²) in [5.74, 6) is -0.323. The largest absolute Gasteiger partial charge is 0.459 e. The molecule has 0 atom stereocenters. The van der Waals surface area contributed by atoms with Crippen LogP contribution in [-0.4, -0.2) is 17.2 Å². The first-order chi connectivity index (χ1) is 11.0. The molecule has 120 valence electrons. The molecule has 0 heterocycles. The van der Waals surface area contributed by atoms with E-state index in [9.17, 15) is 4.79 Å². The fourth-order valence-corrected chi connectivity index (χ4v) is 2.12. The second-order valence-electron chi connectivity index (χ2n) is 5.32. The van der Waals surface area contributed by atoms with Gasteiger partial charge >= 0.3 is 5.97 Å². The molecule has 4 nitrogen and oxygen atoms in total. The van der Waals surface area contributed by atoms with Crippen molar-refractivity contribution in [3.05, 3.63) is 65.7 Å². The van der Waals surface area contributed by atoms with Crippen LogP contribution in [0, 0.1) is 0 Å². The predicted molar refractivity (Wildman–Crippen MR) is 96.5 cm³/mol. The Hall–Kier alpha value is -2.40. The van der Waals surface area contributed by atoms with Crippen molar-refractivity contribution in [2.75, 3.05) is 5.32 Å². The zero-order chi connectivity index (χ0) is 16.7. The van der Waals surface area contributed by atoms with Crippen molar-refractivity contribution in [1.29, 1.82) is 0 Å². The first-order valence-corrected chi connectivity index (χ1v) is 7.85. The van der Waals surface area contributed by atoms with Gasteiger partial charge in [-0.25, -0.2) is 4.79 Å². The molecule has 0 unspecified atom stereocenters. The SMILES string of the molecule is CC(C)OC(=O)c1ccc(NC(=S)NCc2ccccc2)cc1. The number of thiocarbonyl (C=S) groups is 1. The highest BCUT2D eigenvalue weighted by atomic mass is 32.1. The van der Waals surface area contributed by atoms with Crippen LogP contribution >= 0.6 is 12.2 Å². The smallest absolute Gasteiger partial charge is 0.338 e. The van der Waals surface area contributed by atoms with E-state index in [-0.39, 0.29) is 12.1 Å². The standard InChI is InChI=1S/C18H20N2O2S/c1-13(2)22-17(21)15-8-10-16(11-9-15)20-18(23)19-12-14-6-4-3-5-7-14/h3-11,13H,12H2,1-2H3,(H2,19,20,23). The molecule has 5 heteroatoms. The average molecular weight is 328 g/mol. The lowest BCUT2D eigenvalue weighted by Gasteiger charge is -2.11. The van der Waals surface area contributed by atoms with Gasteiger partial charge in [-0.3, -0.25) is 0 Å². The summed E-state index contributed by atoms with van der Waals surface area (Å²) in [5.41, 5.74) is 2.49. The third-order valence-corrected chi connectivity index (χ3v) is 3.26. The van der Waals surface area contributed by atoms with Gasteiger partial charge in [-0.05, 0) is 55.9 Å². The van der Waals surface area contributed by atoms with Crippen LogP contribution in [0.5, 0.6) is 0 Å². The summed E-state index contributed by atoms with van der Waals surface area (Å²) in [5, 5.41) is 6.76. The van der Waals surface area contributed by atoms with E-state index >= 15 is 0 Å². The summed E-state index contributed by atoms with van der Waals surface area (Å²) in [4.78, 5) is 11.8. The lowest BCUT2D eigenvalue weighted by Crippen LogP contribution is -2.27. The van der Waals surface area contributed by atoms with E-state index in [2.05, 4.69) is 10.6 Å². The minimum Gasteiger partial charge on any atom is -0.459 e. The number of rotatable bonds is 5. The van der Waals surface area contributed by atoms with Gasteiger partial charge in [-0.2, -0.15) is 0 Å². The number of hydrogen-bond donors (Lipinski definition) is 2. The second-order valence-corrected chi connectivity index (χ2v) is 5.73. The third kappa shape index (κ3) is 5.71. The molecule has 0 spiro atoms. The van der Waals surface area contributed by atoms with Crippen molar-refractivity contribution >= 4 is 29.0 Å². The van der Waals surface area contributed by atoms with Crippen LogP contribution in [0.1, 0.15) is 29.8 Å². The Morgan fingerprint density at radius 1 is 1.09 bits per heavy atom. The number of benzene rings is 2. The van der Waals surface area contributed by atoms with Crippen LogP contribution in [0.2, 0.25) is 0 Å². The van der Waals surface area contributed by atoms with Gasteiger partial charge in [0.15, 0.2) is 5.11 Å². The molecule has 0 fully saturated rings. The molecule has 0 aliphatic carbocycles. The Kier molecular flexibility index (Phi) is 6.11. The van der Waals surface area contributed by atoms with Crippen molar-refractivity contribution in [2.45, 2.75) is 26.5 Å². The summed E-state index contributed by atoms with van der Waals surface area (Å²) in [7, 11) is 0. The van der Waals surface area contributed by atoms with Crippen molar-refractivity contribution < 1.29 is 9.53 Å². The van der Waals surface area contributed by atoms with Gasteiger partial charge in [0, 0.05) is 12.2 Å². The van der Waals surface area contributed by atoms with Gasteiger partial charge in [0.1, 0.15) is 0 Å². The number of carbonyl (C=O) groups is 1. The van der Waals surface area contributed by atoms with E-state index in [0.717, 1.165) is 11.3 Å². The number of anilines is 1. The molecule has 2 aromatic carbocycles. The molecular weight excluding hydrogens is 308 g/mol. The second kappa shape index (κ2) is 8.29.